The largest absolute Gasteiger partial charge is 0.398 e. The molecule has 0 saturated carbocycles. The van der Waals surface area contributed by atoms with Gasteiger partial charge in [-0.05, 0) is 25.1 Å². The van der Waals surface area contributed by atoms with Gasteiger partial charge in [0.1, 0.15) is 0 Å². The van der Waals surface area contributed by atoms with Crippen LogP contribution in [0, 0.1) is 5.82 Å². The summed E-state index contributed by atoms with van der Waals surface area (Å²) in [4.78, 5) is 6.19. The fourth-order valence-electron chi connectivity index (χ4n) is 2.15. The molecule has 2 aromatic rings. The molecule has 5 heteroatoms. The van der Waals surface area contributed by atoms with E-state index in [0.717, 1.165) is 5.39 Å². The molecule has 1 aromatic carbocycles. The Morgan fingerprint density at radius 3 is 2.95 bits per heavy atom. The number of nitrogen functional groups attached to an aromatic ring is 1. The fourth-order valence-corrected chi connectivity index (χ4v) is 2.15. The zero-order valence-electron chi connectivity index (χ0n) is 11.2. The monoisotopic (exact) mass is 263 g/mol. The summed E-state index contributed by atoms with van der Waals surface area (Å²) in [6, 6.07) is 5.01. The Morgan fingerprint density at radius 2 is 2.26 bits per heavy atom. The van der Waals surface area contributed by atoms with Crippen molar-refractivity contribution in [3.8, 4) is 0 Å². The molecule has 2 N–H and O–H groups in total. The fraction of sp³-hybridized carbons (Fsp3) is 0.357. The van der Waals surface area contributed by atoms with Gasteiger partial charge in [-0.3, -0.25) is 4.98 Å². The number of likely N-dealkylation sites (N-methyl/N-ethyl adjacent to an activating group) is 1. The third kappa shape index (κ3) is 2.61. The maximum absolute atomic E-state index is 14.2. The maximum Gasteiger partial charge on any atom is 0.150 e. The van der Waals surface area contributed by atoms with Gasteiger partial charge in [-0.25, -0.2) is 4.39 Å². The topological polar surface area (TPSA) is 51.4 Å². The summed E-state index contributed by atoms with van der Waals surface area (Å²) in [5, 5.41) is 0.773. The zero-order valence-corrected chi connectivity index (χ0v) is 11.2. The molecule has 1 aromatic heterocycles. The zero-order chi connectivity index (χ0) is 13.8. The number of pyridine rings is 1. The van der Waals surface area contributed by atoms with Crippen molar-refractivity contribution < 1.29 is 9.13 Å². The first-order valence-electron chi connectivity index (χ1n) is 6.25. The van der Waals surface area contributed by atoms with E-state index in [4.69, 9.17) is 10.5 Å². The molecule has 0 aliphatic carbocycles. The van der Waals surface area contributed by atoms with Crippen molar-refractivity contribution in [2.75, 3.05) is 37.4 Å². The summed E-state index contributed by atoms with van der Waals surface area (Å²) < 4.78 is 19.3. The van der Waals surface area contributed by atoms with Crippen LogP contribution in [0.5, 0.6) is 0 Å². The Labute approximate surface area is 112 Å². The van der Waals surface area contributed by atoms with E-state index in [0.29, 0.717) is 36.6 Å². The number of ether oxygens (including phenoxy) is 1. The minimum absolute atomic E-state index is 0.346. The SMILES string of the molecule is CCN(CCOC)c1c(F)cc(N)c2cccnc12. The third-order valence-electron chi connectivity index (χ3n) is 3.11. The van der Waals surface area contributed by atoms with Crippen LogP contribution in [-0.2, 0) is 4.74 Å². The molecule has 19 heavy (non-hydrogen) atoms. The van der Waals surface area contributed by atoms with Crippen molar-refractivity contribution in [1.82, 2.24) is 4.98 Å². The number of aromatic nitrogens is 1. The Kier molecular flexibility index (Phi) is 4.16. The van der Waals surface area contributed by atoms with Gasteiger partial charge in [0.2, 0.25) is 0 Å². The van der Waals surface area contributed by atoms with E-state index in [-0.39, 0.29) is 5.82 Å². The van der Waals surface area contributed by atoms with E-state index in [1.54, 1.807) is 19.4 Å². The highest BCUT2D eigenvalue weighted by molar-refractivity contribution is 5.98. The van der Waals surface area contributed by atoms with Crippen LogP contribution in [0.25, 0.3) is 10.9 Å². The first-order valence-corrected chi connectivity index (χ1v) is 6.25. The Morgan fingerprint density at radius 1 is 1.47 bits per heavy atom. The van der Waals surface area contributed by atoms with Gasteiger partial charge in [0.15, 0.2) is 5.82 Å². The molecular weight excluding hydrogens is 245 g/mol. The Hall–Kier alpha value is -1.88. The molecule has 0 spiro atoms. The lowest BCUT2D eigenvalue weighted by Crippen LogP contribution is -2.28. The van der Waals surface area contributed by atoms with E-state index in [9.17, 15) is 4.39 Å². The van der Waals surface area contributed by atoms with Crippen molar-refractivity contribution in [3.63, 3.8) is 0 Å². The molecule has 1 heterocycles. The molecule has 0 fully saturated rings. The molecule has 0 atom stereocenters. The van der Waals surface area contributed by atoms with Crippen LogP contribution in [0.2, 0.25) is 0 Å². The highest BCUT2D eigenvalue weighted by Crippen LogP contribution is 2.32. The summed E-state index contributed by atoms with van der Waals surface area (Å²) in [6.45, 7) is 3.79. The van der Waals surface area contributed by atoms with Crippen molar-refractivity contribution >= 4 is 22.3 Å². The highest BCUT2D eigenvalue weighted by atomic mass is 19.1. The second-order valence-electron chi connectivity index (χ2n) is 4.27. The first kappa shape index (κ1) is 13.5. The lowest BCUT2D eigenvalue weighted by molar-refractivity contribution is 0.205. The predicted molar refractivity (Wildman–Crippen MR) is 75.9 cm³/mol. The molecule has 0 bridgehead atoms. The maximum atomic E-state index is 14.2. The van der Waals surface area contributed by atoms with E-state index in [2.05, 4.69) is 4.98 Å². The third-order valence-corrected chi connectivity index (χ3v) is 3.11. The van der Waals surface area contributed by atoms with Crippen LogP contribution >= 0.6 is 0 Å². The van der Waals surface area contributed by atoms with Gasteiger partial charge in [-0.15, -0.1) is 0 Å². The smallest absolute Gasteiger partial charge is 0.150 e. The van der Waals surface area contributed by atoms with Crippen molar-refractivity contribution in [2.24, 2.45) is 0 Å². The molecule has 2 rings (SSSR count). The average Bonchev–Trinajstić information content (AvgIpc) is 2.42. The van der Waals surface area contributed by atoms with Crippen LogP contribution in [-0.4, -0.2) is 31.8 Å². The van der Waals surface area contributed by atoms with Crippen molar-refractivity contribution in [2.45, 2.75) is 6.92 Å². The Bertz CT molecular complexity index is 574. The van der Waals surface area contributed by atoms with Crippen LogP contribution in [0.15, 0.2) is 24.4 Å². The van der Waals surface area contributed by atoms with E-state index < -0.39 is 0 Å². The number of hydrogen-bond donors (Lipinski definition) is 1. The summed E-state index contributed by atoms with van der Waals surface area (Å²) in [5.74, 6) is -0.346. The summed E-state index contributed by atoms with van der Waals surface area (Å²) >= 11 is 0. The molecule has 0 radical (unpaired) electrons. The number of benzene rings is 1. The first-order chi connectivity index (χ1) is 9.19. The van der Waals surface area contributed by atoms with Gasteiger partial charge in [0.25, 0.3) is 0 Å². The molecule has 0 amide bonds. The number of hydrogen-bond acceptors (Lipinski definition) is 4. The molecular formula is C14H18FN3O. The second-order valence-corrected chi connectivity index (χ2v) is 4.27. The Balaban J connectivity index is 2.57. The van der Waals surface area contributed by atoms with Crippen LogP contribution < -0.4 is 10.6 Å². The predicted octanol–water partition coefficient (Wildman–Crippen LogP) is 2.43. The summed E-state index contributed by atoms with van der Waals surface area (Å²) in [6.07, 6.45) is 1.65. The highest BCUT2D eigenvalue weighted by Gasteiger charge is 2.16. The number of anilines is 2. The van der Waals surface area contributed by atoms with Gasteiger partial charge >= 0.3 is 0 Å². The molecule has 102 valence electrons. The van der Waals surface area contributed by atoms with Crippen LogP contribution in [0.4, 0.5) is 15.8 Å². The lowest BCUT2D eigenvalue weighted by Gasteiger charge is -2.24. The standard InChI is InChI=1S/C14H18FN3O/c1-3-18(7-8-19-2)14-11(15)9-12(16)10-5-4-6-17-13(10)14/h4-6,9H,3,7-8,16H2,1-2H3. The van der Waals surface area contributed by atoms with Gasteiger partial charge in [-0.2, -0.15) is 0 Å². The molecule has 0 aliphatic heterocycles. The number of methoxy groups -OCH3 is 1. The number of nitrogens with two attached hydrogens (primary N) is 1. The number of halogens is 1. The molecule has 0 saturated heterocycles. The van der Waals surface area contributed by atoms with Crippen molar-refractivity contribution in [3.05, 3.63) is 30.2 Å². The van der Waals surface area contributed by atoms with Gasteiger partial charge < -0.3 is 15.4 Å². The van der Waals surface area contributed by atoms with Crippen LogP contribution in [0.1, 0.15) is 6.92 Å². The van der Waals surface area contributed by atoms with E-state index in [1.807, 2.05) is 17.9 Å². The van der Waals surface area contributed by atoms with Gasteiger partial charge in [0, 0.05) is 37.5 Å². The summed E-state index contributed by atoms with van der Waals surface area (Å²) in [5.41, 5.74) is 7.34. The number of fused-ring (bicyclic) bond motifs is 1. The molecule has 4 nitrogen and oxygen atoms in total. The average molecular weight is 263 g/mol. The molecule has 0 aliphatic rings. The normalized spacial score (nSPS) is 10.9. The van der Waals surface area contributed by atoms with E-state index in [1.165, 1.54) is 6.07 Å². The number of rotatable bonds is 5. The van der Waals surface area contributed by atoms with Gasteiger partial charge in [-0.1, -0.05) is 0 Å². The quantitative estimate of drug-likeness (QED) is 0.842. The van der Waals surface area contributed by atoms with E-state index >= 15 is 0 Å². The lowest BCUT2D eigenvalue weighted by atomic mass is 10.1. The second kappa shape index (κ2) is 5.84. The van der Waals surface area contributed by atoms with Gasteiger partial charge in [0.05, 0.1) is 17.8 Å². The number of nitrogens with zero attached hydrogens (tertiary/aromatic N) is 2. The minimum atomic E-state index is -0.346. The minimum Gasteiger partial charge on any atom is -0.398 e. The van der Waals surface area contributed by atoms with Crippen LogP contribution in [0.3, 0.4) is 0 Å². The summed E-state index contributed by atoms with van der Waals surface area (Å²) in [7, 11) is 1.63. The van der Waals surface area contributed by atoms with Crippen molar-refractivity contribution in [1.29, 1.82) is 0 Å². The molecule has 0 unspecified atom stereocenters.